The summed E-state index contributed by atoms with van der Waals surface area (Å²) in [6.07, 6.45) is -2.81. The molecule has 39 heavy (non-hydrogen) atoms. The molecular weight excluding hydrogens is 511 g/mol. The molecule has 0 bridgehead atoms. The summed E-state index contributed by atoms with van der Waals surface area (Å²) in [6.45, 7) is 7.19. The molecular formula is C28H32F3N5O3. The number of morpholine rings is 1. The number of carbonyl (C=O) groups excluding carboxylic acids is 2. The number of amides is 2. The standard InChI is InChI=1S/C28H32F3N5O3/c1-20(2)26(38)35(13-12-34-14-16-39-17-15-34)19-25(37)33-27-32-24(21-6-4-3-5-7-21)18-36(27)23-10-8-22(9-11-23)28(29,30)31/h3-11,18,20H,12-17,19H2,1-2H3,(H,32,33,37). The Morgan fingerprint density at radius 3 is 2.33 bits per heavy atom. The lowest BCUT2D eigenvalue weighted by molar-refractivity contribution is -0.138. The van der Waals surface area contributed by atoms with E-state index in [1.165, 1.54) is 21.6 Å². The van der Waals surface area contributed by atoms with Crippen molar-refractivity contribution in [2.24, 2.45) is 5.92 Å². The molecule has 0 unspecified atom stereocenters. The number of hydrogen-bond donors (Lipinski definition) is 1. The van der Waals surface area contributed by atoms with Crippen molar-refractivity contribution in [1.82, 2.24) is 19.4 Å². The van der Waals surface area contributed by atoms with Gasteiger partial charge < -0.3 is 9.64 Å². The quantitative estimate of drug-likeness (QED) is 0.435. The number of imidazole rings is 1. The molecule has 4 rings (SSSR count). The molecule has 1 aromatic heterocycles. The third kappa shape index (κ3) is 7.45. The fourth-order valence-electron chi connectivity index (χ4n) is 4.28. The normalized spacial score (nSPS) is 14.4. The Hall–Kier alpha value is -3.70. The molecule has 0 radical (unpaired) electrons. The molecule has 0 atom stereocenters. The number of carbonyl (C=O) groups is 2. The maximum absolute atomic E-state index is 13.2. The molecule has 2 amide bonds. The SMILES string of the molecule is CC(C)C(=O)N(CCN1CCOCC1)CC(=O)Nc1nc(-c2ccccc2)cn1-c1ccc(C(F)(F)F)cc1. The maximum Gasteiger partial charge on any atom is 0.416 e. The third-order valence-corrected chi connectivity index (χ3v) is 6.43. The molecule has 0 saturated carbocycles. The zero-order valence-electron chi connectivity index (χ0n) is 21.9. The number of rotatable bonds is 9. The summed E-state index contributed by atoms with van der Waals surface area (Å²) >= 11 is 0. The monoisotopic (exact) mass is 543 g/mol. The van der Waals surface area contributed by atoms with Crippen molar-refractivity contribution in [3.63, 3.8) is 0 Å². The smallest absolute Gasteiger partial charge is 0.379 e. The molecule has 2 aromatic carbocycles. The van der Waals surface area contributed by atoms with Gasteiger partial charge in [-0.1, -0.05) is 44.2 Å². The van der Waals surface area contributed by atoms with Gasteiger partial charge in [0.2, 0.25) is 17.8 Å². The van der Waals surface area contributed by atoms with Crippen molar-refractivity contribution < 1.29 is 27.5 Å². The summed E-state index contributed by atoms with van der Waals surface area (Å²) in [4.78, 5) is 34.3. The van der Waals surface area contributed by atoms with Gasteiger partial charge in [-0.05, 0) is 24.3 Å². The van der Waals surface area contributed by atoms with E-state index in [1.807, 2.05) is 30.3 Å². The highest BCUT2D eigenvalue weighted by Gasteiger charge is 2.30. The van der Waals surface area contributed by atoms with E-state index in [0.717, 1.165) is 30.8 Å². The van der Waals surface area contributed by atoms with Gasteiger partial charge in [0, 0.05) is 49.5 Å². The van der Waals surface area contributed by atoms with E-state index in [2.05, 4.69) is 15.2 Å². The van der Waals surface area contributed by atoms with E-state index in [1.54, 1.807) is 20.0 Å². The highest BCUT2D eigenvalue weighted by molar-refractivity contribution is 5.94. The van der Waals surface area contributed by atoms with Gasteiger partial charge in [-0.3, -0.25) is 24.4 Å². The van der Waals surface area contributed by atoms with Crippen LogP contribution in [0, 0.1) is 5.92 Å². The van der Waals surface area contributed by atoms with Gasteiger partial charge in [-0.15, -0.1) is 0 Å². The van der Waals surface area contributed by atoms with Crippen molar-refractivity contribution in [2.75, 3.05) is 51.3 Å². The molecule has 1 fully saturated rings. The molecule has 8 nitrogen and oxygen atoms in total. The summed E-state index contributed by atoms with van der Waals surface area (Å²) in [5.74, 6) is -0.746. The van der Waals surface area contributed by atoms with Crippen LogP contribution >= 0.6 is 0 Å². The molecule has 11 heteroatoms. The number of benzene rings is 2. The topological polar surface area (TPSA) is 79.7 Å². The highest BCUT2D eigenvalue weighted by Crippen LogP contribution is 2.31. The third-order valence-electron chi connectivity index (χ3n) is 6.43. The van der Waals surface area contributed by atoms with Crippen LogP contribution in [-0.2, 0) is 20.5 Å². The van der Waals surface area contributed by atoms with Crippen LogP contribution in [0.5, 0.6) is 0 Å². The Kier molecular flexibility index (Phi) is 9.03. The molecule has 0 aliphatic carbocycles. The zero-order chi connectivity index (χ0) is 28.0. The first-order chi connectivity index (χ1) is 18.6. The Morgan fingerprint density at radius 2 is 1.72 bits per heavy atom. The van der Waals surface area contributed by atoms with Crippen LogP contribution in [0.3, 0.4) is 0 Å². The fraction of sp³-hybridized carbons (Fsp3) is 0.393. The molecule has 1 aliphatic heterocycles. The largest absolute Gasteiger partial charge is 0.416 e. The molecule has 2 heterocycles. The number of alkyl halides is 3. The lowest BCUT2D eigenvalue weighted by Crippen LogP contribution is -2.46. The second kappa shape index (κ2) is 12.4. The minimum Gasteiger partial charge on any atom is -0.379 e. The maximum atomic E-state index is 13.2. The molecule has 0 spiro atoms. The highest BCUT2D eigenvalue weighted by atomic mass is 19.4. The van der Waals surface area contributed by atoms with Crippen molar-refractivity contribution in [3.05, 3.63) is 66.4 Å². The molecule has 1 saturated heterocycles. The molecule has 1 aliphatic rings. The Morgan fingerprint density at radius 1 is 1.05 bits per heavy atom. The van der Waals surface area contributed by atoms with Crippen LogP contribution in [0.1, 0.15) is 19.4 Å². The van der Waals surface area contributed by atoms with Crippen molar-refractivity contribution in [2.45, 2.75) is 20.0 Å². The number of nitrogens with one attached hydrogen (secondary N) is 1. The van der Waals surface area contributed by atoms with Gasteiger partial charge in [-0.2, -0.15) is 13.2 Å². The molecule has 208 valence electrons. The van der Waals surface area contributed by atoms with Gasteiger partial charge in [0.25, 0.3) is 0 Å². The first-order valence-electron chi connectivity index (χ1n) is 12.8. The lowest BCUT2D eigenvalue weighted by Gasteiger charge is -2.30. The number of hydrogen-bond acceptors (Lipinski definition) is 5. The predicted octanol–water partition coefficient (Wildman–Crippen LogP) is 4.31. The van der Waals surface area contributed by atoms with Gasteiger partial charge >= 0.3 is 6.18 Å². The van der Waals surface area contributed by atoms with Gasteiger partial charge in [0.15, 0.2) is 0 Å². The van der Waals surface area contributed by atoms with Crippen LogP contribution in [0.4, 0.5) is 19.1 Å². The summed E-state index contributed by atoms with van der Waals surface area (Å²) in [7, 11) is 0. The second-order valence-corrected chi connectivity index (χ2v) is 9.65. The summed E-state index contributed by atoms with van der Waals surface area (Å²) < 4.78 is 46.2. The van der Waals surface area contributed by atoms with E-state index >= 15 is 0 Å². The fourth-order valence-corrected chi connectivity index (χ4v) is 4.28. The Balaban J connectivity index is 1.56. The van der Waals surface area contributed by atoms with Crippen LogP contribution in [-0.4, -0.2) is 77.1 Å². The Labute approximate surface area is 225 Å². The van der Waals surface area contributed by atoms with Gasteiger partial charge in [-0.25, -0.2) is 4.98 Å². The van der Waals surface area contributed by atoms with E-state index in [-0.39, 0.29) is 24.3 Å². The van der Waals surface area contributed by atoms with Crippen LogP contribution in [0.25, 0.3) is 16.9 Å². The number of anilines is 1. The number of nitrogens with zero attached hydrogens (tertiary/aromatic N) is 4. The minimum atomic E-state index is -4.46. The summed E-state index contributed by atoms with van der Waals surface area (Å²) in [5.41, 5.74) is 0.938. The zero-order valence-corrected chi connectivity index (χ0v) is 21.9. The number of halogens is 3. The van der Waals surface area contributed by atoms with Gasteiger partial charge in [0.1, 0.15) is 0 Å². The molecule has 3 aromatic rings. The van der Waals surface area contributed by atoms with Gasteiger partial charge in [0.05, 0.1) is 31.0 Å². The summed E-state index contributed by atoms with van der Waals surface area (Å²) in [6, 6.07) is 13.9. The van der Waals surface area contributed by atoms with Crippen molar-refractivity contribution in [3.8, 4) is 16.9 Å². The predicted molar refractivity (Wildman–Crippen MR) is 141 cm³/mol. The first kappa shape index (κ1) is 28.3. The van der Waals surface area contributed by atoms with E-state index in [9.17, 15) is 22.8 Å². The second-order valence-electron chi connectivity index (χ2n) is 9.65. The van der Waals surface area contributed by atoms with E-state index < -0.39 is 17.6 Å². The minimum absolute atomic E-state index is 0.142. The first-order valence-corrected chi connectivity index (χ1v) is 12.8. The average molecular weight is 544 g/mol. The van der Waals surface area contributed by atoms with Crippen molar-refractivity contribution in [1.29, 1.82) is 0 Å². The number of ether oxygens (including phenoxy) is 1. The Bertz CT molecular complexity index is 1250. The van der Waals surface area contributed by atoms with Crippen LogP contribution < -0.4 is 5.32 Å². The van der Waals surface area contributed by atoms with Crippen molar-refractivity contribution >= 4 is 17.8 Å². The van der Waals surface area contributed by atoms with Crippen LogP contribution in [0.2, 0.25) is 0 Å². The number of aromatic nitrogens is 2. The lowest BCUT2D eigenvalue weighted by atomic mass is 10.2. The van der Waals surface area contributed by atoms with E-state index in [0.29, 0.717) is 37.7 Å². The van der Waals surface area contributed by atoms with Crippen LogP contribution in [0.15, 0.2) is 60.8 Å². The van der Waals surface area contributed by atoms with E-state index in [4.69, 9.17) is 4.74 Å². The molecule has 1 N–H and O–H groups in total. The summed E-state index contributed by atoms with van der Waals surface area (Å²) in [5, 5.41) is 2.77. The average Bonchev–Trinajstić information content (AvgIpc) is 3.34.